The zero-order valence-corrected chi connectivity index (χ0v) is 12.0. The Kier molecular flexibility index (Phi) is 3.30. The van der Waals surface area contributed by atoms with Crippen LogP contribution < -0.4 is 5.32 Å². The van der Waals surface area contributed by atoms with Gasteiger partial charge in [0.15, 0.2) is 0 Å². The van der Waals surface area contributed by atoms with Crippen molar-refractivity contribution in [2.75, 3.05) is 0 Å². The summed E-state index contributed by atoms with van der Waals surface area (Å²) in [6.07, 6.45) is 1.00. The molecule has 1 aliphatic carbocycles. The third-order valence-corrected chi connectivity index (χ3v) is 4.03. The van der Waals surface area contributed by atoms with E-state index in [1.165, 1.54) is 0 Å². The highest BCUT2D eigenvalue weighted by atomic mass is 79.9. The zero-order valence-electron chi connectivity index (χ0n) is 10.5. The molecule has 0 spiro atoms. The van der Waals surface area contributed by atoms with Crippen LogP contribution in [-0.2, 0) is 4.79 Å². The van der Waals surface area contributed by atoms with Crippen molar-refractivity contribution < 1.29 is 4.79 Å². The van der Waals surface area contributed by atoms with Crippen molar-refractivity contribution in [3.8, 4) is 0 Å². The van der Waals surface area contributed by atoms with Crippen molar-refractivity contribution in [1.29, 1.82) is 0 Å². The normalized spacial score (nSPS) is 22.9. The van der Waals surface area contributed by atoms with E-state index in [0.29, 0.717) is 0 Å². The van der Waals surface area contributed by atoms with Crippen LogP contribution in [-0.4, -0.2) is 5.91 Å². The Balaban J connectivity index is 1.98. The predicted molar refractivity (Wildman–Crippen MR) is 72.6 cm³/mol. The average Bonchev–Trinajstić information content (AvgIpc) is 2.88. The van der Waals surface area contributed by atoms with Gasteiger partial charge in [-0.15, -0.1) is 0 Å². The maximum Gasteiger partial charge on any atom is 0.224 e. The van der Waals surface area contributed by atoms with Crippen LogP contribution in [0.5, 0.6) is 0 Å². The first-order chi connectivity index (χ1) is 7.90. The number of hydrogen-bond donors (Lipinski definition) is 1. The van der Waals surface area contributed by atoms with Gasteiger partial charge in [-0.2, -0.15) is 0 Å². The molecule has 0 saturated heterocycles. The molecule has 1 saturated carbocycles. The van der Waals surface area contributed by atoms with E-state index in [2.05, 4.69) is 35.1 Å². The van der Waals surface area contributed by atoms with Gasteiger partial charge in [0, 0.05) is 10.4 Å². The van der Waals surface area contributed by atoms with Gasteiger partial charge in [0.1, 0.15) is 0 Å². The van der Waals surface area contributed by atoms with Gasteiger partial charge in [0.25, 0.3) is 0 Å². The molecule has 0 aliphatic heterocycles. The Morgan fingerprint density at radius 1 is 1.53 bits per heavy atom. The molecule has 17 heavy (non-hydrogen) atoms. The molecule has 0 bridgehead atoms. The van der Waals surface area contributed by atoms with Crippen LogP contribution in [0.4, 0.5) is 0 Å². The largest absolute Gasteiger partial charge is 0.349 e. The molecule has 2 unspecified atom stereocenters. The lowest BCUT2D eigenvalue weighted by atomic mass is 10.1. The number of rotatable bonds is 3. The molecular weight excluding hydrogens is 278 g/mol. The Hall–Kier alpha value is -0.830. The van der Waals surface area contributed by atoms with Crippen LogP contribution in [0.15, 0.2) is 28.7 Å². The van der Waals surface area contributed by atoms with Gasteiger partial charge in [-0.3, -0.25) is 4.79 Å². The van der Waals surface area contributed by atoms with Crippen molar-refractivity contribution in [1.82, 2.24) is 5.32 Å². The minimum Gasteiger partial charge on any atom is -0.349 e. The van der Waals surface area contributed by atoms with E-state index in [1.807, 2.05) is 31.2 Å². The fourth-order valence-corrected chi connectivity index (χ4v) is 2.50. The number of halogens is 1. The van der Waals surface area contributed by atoms with Crippen LogP contribution >= 0.6 is 15.9 Å². The number of carbonyl (C=O) groups is 1. The molecule has 0 radical (unpaired) electrons. The van der Waals surface area contributed by atoms with Gasteiger partial charge in [0.05, 0.1) is 6.04 Å². The number of hydrogen-bond acceptors (Lipinski definition) is 1. The Labute approximate surface area is 111 Å². The van der Waals surface area contributed by atoms with Gasteiger partial charge >= 0.3 is 0 Å². The highest BCUT2D eigenvalue weighted by molar-refractivity contribution is 9.10. The highest BCUT2D eigenvalue weighted by Gasteiger charge is 2.50. The fourth-order valence-electron chi connectivity index (χ4n) is 2.09. The van der Waals surface area contributed by atoms with Crippen LogP contribution in [0.2, 0.25) is 0 Å². The lowest BCUT2D eigenvalue weighted by Crippen LogP contribution is -2.29. The zero-order chi connectivity index (χ0) is 12.6. The average molecular weight is 296 g/mol. The lowest BCUT2D eigenvalue weighted by molar-refractivity contribution is -0.123. The number of carbonyl (C=O) groups excluding carboxylic acids is 1. The van der Waals surface area contributed by atoms with Crippen molar-refractivity contribution in [3.05, 3.63) is 34.3 Å². The summed E-state index contributed by atoms with van der Waals surface area (Å²) in [4.78, 5) is 12.0. The molecule has 1 aromatic rings. The minimum atomic E-state index is 0.0661. The monoisotopic (exact) mass is 295 g/mol. The van der Waals surface area contributed by atoms with E-state index in [-0.39, 0.29) is 23.3 Å². The number of nitrogens with one attached hydrogen (secondary N) is 1. The van der Waals surface area contributed by atoms with E-state index >= 15 is 0 Å². The Bertz CT molecular complexity index is 442. The summed E-state index contributed by atoms with van der Waals surface area (Å²) in [6.45, 7) is 6.30. The summed E-state index contributed by atoms with van der Waals surface area (Å²) in [6, 6.07) is 8.12. The summed E-state index contributed by atoms with van der Waals surface area (Å²) >= 11 is 3.44. The third kappa shape index (κ3) is 2.89. The van der Waals surface area contributed by atoms with Gasteiger partial charge in [0.2, 0.25) is 5.91 Å². The summed E-state index contributed by atoms with van der Waals surface area (Å²) in [5, 5.41) is 3.08. The third-order valence-electron chi connectivity index (χ3n) is 3.54. The smallest absolute Gasteiger partial charge is 0.224 e. The van der Waals surface area contributed by atoms with Gasteiger partial charge in [-0.1, -0.05) is 41.9 Å². The van der Waals surface area contributed by atoms with E-state index in [4.69, 9.17) is 0 Å². The van der Waals surface area contributed by atoms with E-state index in [0.717, 1.165) is 16.5 Å². The van der Waals surface area contributed by atoms with Crippen LogP contribution in [0, 0.1) is 11.3 Å². The fraction of sp³-hybridized carbons (Fsp3) is 0.500. The summed E-state index contributed by atoms with van der Waals surface area (Å²) in [5.74, 6) is 0.375. The molecule has 1 aromatic carbocycles. The molecule has 2 rings (SSSR count). The van der Waals surface area contributed by atoms with Gasteiger partial charge < -0.3 is 5.32 Å². The first kappa shape index (κ1) is 12.6. The predicted octanol–water partition coefficient (Wildman–Crippen LogP) is 3.67. The van der Waals surface area contributed by atoms with Crippen molar-refractivity contribution in [2.24, 2.45) is 11.3 Å². The number of benzene rings is 1. The van der Waals surface area contributed by atoms with Crippen LogP contribution in [0.25, 0.3) is 0 Å². The maximum atomic E-state index is 12.0. The van der Waals surface area contributed by atoms with Gasteiger partial charge in [-0.05, 0) is 36.5 Å². The summed E-state index contributed by atoms with van der Waals surface area (Å²) < 4.78 is 1.04. The second-order valence-electron chi connectivity index (χ2n) is 5.53. The van der Waals surface area contributed by atoms with E-state index < -0.39 is 0 Å². The second-order valence-corrected chi connectivity index (χ2v) is 6.45. The lowest BCUT2D eigenvalue weighted by Gasteiger charge is -2.15. The standard InChI is InChI=1S/C14H18BrNO/c1-9(10-5-4-6-11(15)7-10)16-13(17)12-8-14(12,2)3/h4-7,9,12H,8H2,1-3H3,(H,16,17). The molecule has 0 aromatic heterocycles. The number of amides is 1. The molecule has 1 amide bonds. The minimum absolute atomic E-state index is 0.0661. The SMILES string of the molecule is CC(NC(=O)C1CC1(C)C)c1cccc(Br)c1. The van der Waals surface area contributed by atoms with E-state index in [1.54, 1.807) is 0 Å². The molecule has 1 N–H and O–H groups in total. The highest BCUT2D eigenvalue weighted by Crippen LogP contribution is 2.51. The van der Waals surface area contributed by atoms with Crippen LogP contribution in [0.1, 0.15) is 38.8 Å². The molecule has 2 atom stereocenters. The quantitative estimate of drug-likeness (QED) is 0.906. The molecule has 0 heterocycles. The molecule has 2 nitrogen and oxygen atoms in total. The first-order valence-electron chi connectivity index (χ1n) is 5.96. The summed E-state index contributed by atoms with van der Waals surface area (Å²) in [5.41, 5.74) is 1.33. The first-order valence-corrected chi connectivity index (χ1v) is 6.75. The Morgan fingerprint density at radius 2 is 2.18 bits per heavy atom. The van der Waals surface area contributed by atoms with E-state index in [9.17, 15) is 4.79 Å². The molecule has 92 valence electrons. The van der Waals surface area contributed by atoms with Crippen LogP contribution in [0.3, 0.4) is 0 Å². The molecule has 3 heteroatoms. The Morgan fingerprint density at radius 3 is 2.71 bits per heavy atom. The van der Waals surface area contributed by atoms with Gasteiger partial charge in [-0.25, -0.2) is 0 Å². The van der Waals surface area contributed by atoms with Crippen molar-refractivity contribution in [3.63, 3.8) is 0 Å². The maximum absolute atomic E-state index is 12.0. The summed E-state index contributed by atoms with van der Waals surface area (Å²) in [7, 11) is 0. The topological polar surface area (TPSA) is 29.1 Å². The molecular formula is C14H18BrNO. The molecule has 1 fully saturated rings. The second kappa shape index (κ2) is 4.45. The molecule has 1 aliphatic rings. The van der Waals surface area contributed by atoms with Crippen molar-refractivity contribution in [2.45, 2.75) is 33.2 Å². The van der Waals surface area contributed by atoms with Crippen molar-refractivity contribution >= 4 is 21.8 Å².